The summed E-state index contributed by atoms with van der Waals surface area (Å²) in [5.74, 6) is 0. The second-order valence-electron chi connectivity index (χ2n) is 3.56. The maximum absolute atomic E-state index is 12.1. The van der Waals surface area contributed by atoms with E-state index in [9.17, 15) is 8.42 Å². The molecule has 1 aromatic carbocycles. The molecule has 0 saturated heterocycles. The number of hydroxylamine groups is 1. The van der Waals surface area contributed by atoms with Crippen LogP contribution in [0.25, 0.3) is 10.9 Å². The number of nitrogen functional groups attached to an aromatic ring is 1. The molecule has 0 radical (unpaired) electrons. The number of anilines is 1. The standard InChI is InChI=1S/C10H13N3O3S/c1-13(16-2)17(14,15)10-6-12-9-4-3-7(11)5-8(9)10/h3-6,12H,11H2,1-2H3. The Morgan fingerprint density at radius 1 is 1.41 bits per heavy atom. The summed E-state index contributed by atoms with van der Waals surface area (Å²) in [4.78, 5) is 7.74. The van der Waals surface area contributed by atoms with Gasteiger partial charge in [-0.1, -0.05) is 4.47 Å². The first-order valence-electron chi connectivity index (χ1n) is 4.86. The van der Waals surface area contributed by atoms with Crippen molar-refractivity contribution in [3.8, 4) is 0 Å². The van der Waals surface area contributed by atoms with Gasteiger partial charge in [-0.05, 0) is 18.2 Å². The number of fused-ring (bicyclic) bond motifs is 1. The topological polar surface area (TPSA) is 88.4 Å². The highest BCUT2D eigenvalue weighted by Crippen LogP contribution is 2.26. The first-order valence-corrected chi connectivity index (χ1v) is 6.30. The summed E-state index contributed by atoms with van der Waals surface area (Å²) < 4.78 is 25.0. The highest BCUT2D eigenvalue weighted by atomic mass is 32.2. The van der Waals surface area contributed by atoms with Gasteiger partial charge in [0.2, 0.25) is 0 Å². The van der Waals surface area contributed by atoms with E-state index >= 15 is 0 Å². The minimum Gasteiger partial charge on any atom is -0.399 e. The van der Waals surface area contributed by atoms with Crippen molar-refractivity contribution in [2.45, 2.75) is 4.90 Å². The molecule has 6 nitrogen and oxygen atoms in total. The first kappa shape index (κ1) is 11.9. The molecule has 1 aromatic heterocycles. The van der Waals surface area contributed by atoms with Crippen molar-refractivity contribution >= 4 is 26.6 Å². The van der Waals surface area contributed by atoms with Crippen LogP contribution in [0.4, 0.5) is 5.69 Å². The maximum Gasteiger partial charge on any atom is 0.266 e. The fourth-order valence-corrected chi connectivity index (χ4v) is 2.69. The smallest absolute Gasteiger partial charge is 0.266 e. The number of hydrogen-bond donors (Lipinski definition) is 2. The SMILES string of the molecule is CON(C)S(=O)(=O)c1c[nH]c2ccc(N)cc12. The number of nitrogens with one attached hydrogen (secondary N) is 1. The van der Waals surface area contributed by atoms with Crippen LogP contribution in [0, 0.1) is 0 Å². The maximum atomic E-state index is 12.1. The van der Waals surface area contributed by atoms with Gasteiger partial charge in [0.1, 0.15) is 4.90 Å². The summed E-state index contributed by atoms with van der Waals surface area (Å²) >= 11 is 0. The van der Waals surface area contributed by atoms with E-state index < -0.39 is 10.0 Å². The molecule has 0 spiro atoms. The van der Waals surface area contributed by atoms with E-state index in [-0.39, 0.29) is 4.90 Å². The molecule has 0 bridgehead atoms. The lowest BCUT2D eigenvalue weighted by Gasteiger charge is -2.13. The zero-order valence-electron chi connectivity index (χ0n) is 9.47. The van der Waals surface area contributed by atoms with E-state index in [0.29, 0.717) is 16.6 Å². The molecule has 1 heterocycles. The van der Waals surface area contributed by atoms with E-state index in [0.717, 1.165) is 4.47 Å². The Hall–Kier alpha value is -1.57. The average molecular weight is 255 g/mol. The molecule has 2 aromatic rings. The van der Waals surface area contributed by atoms with Crippen LogP contribution in [0.2, 0.25) is 0 Å². The Morgan fingerprint density at radius 3 is 2.76 bits per heavy atom. The van der Waals surface area contributed by atoms with E-state index in [1.54, 1.807) is 18.2 Å². The third kappa shape index (κ3) is 1.88. The highest BCUT2D eigenvalue weighted by Gasteiger charge is 2.24. The summed E-state index contributed by atoms with van der Waals surface area (Å²) in [5.41, 5.74) is 6.87. The predicted molar refractivity (Wildman–Crippen MR) is 64.7 cm³/mol. The Kier molecular flexibility index (Phi) is 2.82. The molecule has 0 aliphatic rings. The van der Waals surface area contributed by atoms with Crippen LogP contribution >= 0.6 is 0 Å². The van der Waals surface area contributed by atoms with Crippen molar-refractivity contribution in [2.24, 2.45) is 0 Å². The molecule has 7 heteroatoms. The van der Waals surface area contributed by atoms with Crippen LogP contribution in [-0.2, 0) is 14.9 Å². The summed E-state index contributed by atoms with van der Waals surface area (Å²) in [6.07, 6.45) is 1.43. The Morgan fingerprint density at radius 2 is 2.12 bits per heavy atom. The van der Waals surface area contributed by atoms with Gasteiger partial charge >= 0.3 is 0 Å². The third-order valence-electron chi connectivity index (χ3n) is 2.54. The van der Waals surface area contributed by atoms with E-state index in [1.807, 2.05) is 0 Å². The second-order valence-corrected chi connectivity index (χ2v) is 5.46. The summed E-state index contributed by atoms with van der Waals surface area (Å²) in [7, 11) is -1.04. The zero-order valence-corrected chi connectivity index (χ0v) is 10.3. The lowest BCUT2D eigenvalue weighted by Crippen LogP contribution is -2.25. The van der Waals surface area contributed by atoms with Crippen LogP contribution in [0.15, 0.2) is 29.3 Å². The Labute approximate surface area is 99.0 Å². The fourth-order valence-electron chi connectivity index (χ4n) is 1.56. The Balaban J connectivity index is 2.68. The van der Waals surface area contributed by atoms with Crippen LogP contribution in [-0.4, -0.2) is 32.0 Å². The van der Waals surface area contributed by atoms with Crippen molar-refractivity contribution < 1.29 is 13.3 Å². The molecule has 0 fully saturated rings. The van der Waals surface area contributed by atoms with Gasteiger partial charge in [-0.2, -0.15) is 0 Å². The molecule has 0 amide bonds. The largest absolute Gasteiger partial charge is 0.399 e. The van der Waals surface area contributed by atoms with Gasteiger partial charge in [-0.3, -0.25) is 4.84 Å². The number of sulfonamides is 1. The number of aromatic nitrogens is 1. The van der Waals surface area contributed by atoms with Crippen molar-refractivity contribution in [1.82, 2.24) is 9.45 Å². The molecule has 0 saturated carbocycles. The van der Waals surface area contributed by atoms with E-state index in [4.69, 9.17) is 10.6 Å². The monoisotopic (exact) mass is 255 g/mol. The normalized spacial score (nSPS) is 12.4. The molecular weight excluding hydrogens is 242 g/mol. The van der Waals surface area contributed by atoms with Crippen molar-refractivity contribution in [3.63, 3.8) is 0 Å². The zero-order chi connectivity index (χ0) is 12.6. The predicted octanol–water partition coefficient (Wildman–Crippen LogP) is 0.932. The number of hydrogen-bond acceptors (Lipinski definition) is 4. The van der Waals surface area contributed by atoms with Gasteiger partial charge in [0.05, 0.1) is 7.11 Å². The minimum absolute atomic E-state index is 0.143. The molecule has 0 unspecified atom stereocenters. The van der Waals surface area contributed by atoms with Gasteiger partial charge in [0, 0.05) is 29.8 Å². The lowest BCUT2D eigenvalue weighted by atomic mass is 10.2. The fraction of sp³-hybridized carbons (Fsp3) is 0.200. The van der Waals surface area contributed by atoms with Gasteiger partial charge in [-0.15, -0.1) is 0 Å². The van der Waals surface area contributed by atoms with E-state index in [2.05, 4.69) is 4.98 Å². The van der Waals surface area contributed by atoms with Gasteiger partial charge < -0.3 is 10.7 Å². The lowest BCUT2D eigenvalue weighted by molar-refractivity contribution is -0.0257. The first-order chi connectivity index (χ1) is 7.96. The van der Waals surface area contributed by atoms with Gasteiger partial charge in [0.15, 0.2) is 0 Å². The van der Waals surface area contributed by atoms with Crippen molar-refractivity contribution in [1.29, 1.82) is 0 Å². The number of H-pyrrole nitrogens is 1. The summed E-state index contributed by atoms with van der Waals surface area (Å²) in [6.45, 7) is 0. The summed E-state index contributed by atoms with van der Waals surface area (Å²) in [6, 6.07) is 5.05. The third-order valence-corrected chi connectivity index (χ3v) is 4.26. The van der Waals surface area contributed by atoms with Crippen molar-refractivity contribution in [3.05, 3.63) is 24.4 Å². The number of nitrogens with zero attached hydrogens (tertiary/aromatic N) is 1. The second kappa shape index (κ2) is 4.02. The van der Waals surface area contributed by atoms with Crippen LogP contribution < -0.4 is 5.73 Å². The van der Waals surface area contributed by atoms with Gasteiger partial charge in [-0.25, -0.2) is 8.42 Å². The number of rotatable bonds is 3. The van der Waals surface area contributed by atoms with Crippen LogP contribution in [0.1, 0.15) is 0 Å². The highest BCUT2D eigenvalue weighted by molar-refractivity contribution is 7.89. The molecule has 92 valence electrons. The molecular formula is C10H13N3O3S. The van der Waals surface area contributed by atoms with Gasteiger partial charge in [0.25, 0.3) is 10.0 Å². The Bertz CT molecular complexity index is 648. The summed E-state index contributed by atoms with van der Waals surface area (Å²) in [5, 5.41) is 0.550. The van der Waals surface area contributed by atoms with Crippen LogP contribution in [0.5, 0.6) is 0 Å². The molecule has 17 heavy (non-hydrogen) atoms. The van der Waals surface area contributed by atoms with E-state index in [1.165, 1.54) is 20.4 Å². The molecule has 0 atom stereocenters. The number of benzene rings is 1. The number of aromatic amines is 1. The van der Waals surface area contributed by atoms with Crippen LogP contribution in [0.3, 0.4) is 0 Å². The average Bonchev–Trinajstić information content (AvgIpc) is 2.71. The quantitative estimate of drug-likeness (QED) is 0.631. The molecule has 3 N–H and O–H groups in total. The molecule has 0 aliphatic carbocycles. The number of nitrogens with two attached hydrogens (primary N) is 1. The molecule has 0 aliphatic heterocycles. The van der Waals surface area contributed by atoms with Crippen molar-refractivity contribution in [2.75, 3.05) is 19.9 Å². The molecule has 2 rings (SSSR count). The minimum atomic E-state index is -3.66.